The molecule has 1 aromatic rings. The van der Waals surface area contributed by atoms with Gasteiger partial charge in [-0.15, -0.1) is 0 Å². The third kappa shape index (κ3) is 2.98. The van der Waals surface area contributed by atoms with Gasteiger partial charge in [0.1, 0.15) is 11.9 Å². The zero-order valence-electron chi connectivity index (χ0n) is 11.8. The van der Waals surface area contributed by atoms with Gasteiger partial charge in [-0.25, -0.2) is 4.39 Å². The first-order chi connectivity index (χ1) is 9.52. The van der Waals surface area contributed by atoms with Gasteiger partial charge in [-0.3, -0.25) is 9.59 Å². The molecule has 2 amide bonds. The maximum absolute atomic E-state index is 13.4. The molecule has 4 nitrogen and oxygen atoms in total. The molecular formula is C15H19FN2O2. The monoisotopic (exact) mass is 278 g/mol. The normalized spacial score (nSPS) is 19.8. The fourth-order valence-corrected chi connectivity index (χ4v) is 2.44. The van der Waals surface area contributed by atoms with Crippen molar-refractivity contribution in [1.82, 2.24) is 5.32 Å². The predicted octanol–water partition coefficient (Wildman–Crippen LogP) is 2.16. The van der Waals surface area contributed by atoms with Crippen LogP contribution in [0.2, 0.25) is 0 Å². The third-order valence-corrected chi connectivity index (χ3v) is 3.50. The van der Waals surface area contributed by atoms with Crippen LogP contribution in [0.5, 0.6) is 0 Å². The highest BCUT2D eigenvalue weighted by Crippen LogP contribution is 2.24. The lowest BCUT2D eigenvalue weighted by Gasteiger charge is -2.25. The molecule has 1 fully saturated rings. The zero-order chi connectivity index (χ0) is 14.7. The Kier molecular flexibility index (Phi) is 4.37. The molecule has 2 rings (SSSR count). The molecule has 1 aromatic carbocycles. The first-order valence-electron chi connectivity index (χ1n) is 6.89. The molecule has 1 heterocycles. The van der Waals surface area contributed by atoms with E-state index in [1.54, 1.807) is 6.07 Å². The van der Waals surface area contributed by atoms with Gasteiger partial charge in [0, 0.05) is 18.7 Å². The van der Waals surface area contributed by atoms with Crippen LogP contribution in [0.1, 0.15) is 31.7 Å². The average molecular weight is 278 g/mol. The van der Waals surface area contributed by atoms with Crippen LogP contribution in [0.3, 0.4) is 0 Å². The summed E-state index contributed by atoms with van der Waals surface area (Å²) in [6, 6.07) is 3.85. The van der Waals surface area contributed by atoms with Crippen LogP contribution >= 0.6 is 0 Å². The van der Waals surface area contributed by atoms with Gasteiger partial charge >= 0.3 is 0 Å². The van der Waals surface area contributed by atoms with E-state index in [2.05, 4.69) is 5.32 Å². The summed E-state index contributed by atoms with van der Waals surface area (Å²) >= 11 is 0. The molecule has 1 aliphatic heterocycles. The Morgan fingerprint density at radius 3 is 2.85 bits per heavy atom. The summed E-state index contributed by atoms with van der Waals surface area (Å²) in [6.45, 7) is 4.08. The fraction of sp³-hybridized carbons (Fsp3) is 0.467. The van der Waals surface area contributed by atoms with Gasteiger partial charge in [-0.1, -0.05) is 19.4 Å². The van der Waals surface area contributed by atoms with Gasteiger partial charge in [0.25, 0.3) is 0 Å². The number of nitrogens with one attached hydrogen (secondary N) is 1. The molecule has 0 aliphatic carbocycles. The molecule has 1 saturated heterocycles. The van der Waals surface area contributed by atoms with Crippen LogP contribution < -0.4 is 10.2 Å². The van der Waals surface area contributed by atoms with Gasteiger partial charge in [-0.05, 0) is 31.0 Å². The molecule has 1 aliphatic rings. The predicted molar refractivity (Wildman–Crippen MR) is 74.9 cm³/mol. The number of anilines is 1. The maximum atomic E-state index is 13.4. The molecule has 1 atom stereocenters. The first-order valence-corrected chi connectivity index (χ1v) is 6.89. The Morgan fingerprint density at radius 1 is 1.40 bits per heavy atom. The van der Waals surface area contributed by atoms with Gasteiger partial charge in [0.15, 0.2) is 0 Å². The molecule has 20 heavy (non-hydrogen) atoms. The highest BCUT2D eigenvalue weighted by molar-refractivity contribution is 6.01. The van der Waals surface area contributed by atoms with Gasteiger partial charge in [0.05, 0.1) is 0 Å². The largest absolute Gasteiger partial charge is 0.344 e. The summed E-state index contributed by atoms with van der Waals surface area (Å²) in [5.74, 6) is -0.672. The lowest BCUT2D eigenvalue weighted by molar-refractivity contribution is -0.125. The van der Waals surface area contributed by atoms with Crippen LogP contribution in [0.15, 0.2) is 18.2 Å². The summed E-state index contributed by atoms with van der Waals surface area (Å²) < 4.78 is 13.4. The number of nitrogens with zero attached hydrogens (tertiary/aromatic N) is 1. The highest BCUT2D eigenvalue weighted by Gasteiger charge is 2.30. The molecule has 1 N–H and O–H groups in total. The Labute approximate surface area is 118 Å². The molecule has 0 saturated carbocycles. The number of amides is 2. The standard InChI is InChI=1S/C15H19FN2O2/c1-3-4-12-15(20)18(8-7-14(19)17-12)13-9-11(16)6-5-10(13)2/h5-6,9,12H,3-4,7-8H2,1-2H3,(H,17,19). The minimum absolute atomic E-state index is 0.131. The summed E-state index contributed by atoms with van der Waals surface area (Å²) in [6.07, 6.45) is 1.63. The van der Waals surface area contributed by atoms with Crippen molar-refractivity contribution >= 4 is 17.5 Å². The number of carbonyl (C=O) groups is 2. The van der Waals surface area contributed by atoms with E-state index in [0.29, 0.717) is 12.1 Å². The Hall–Kier alpha value is -1.91. The van der Waals surface area contributed by atoms with E-state index < -0.39 is 6.04 Å². The van der Waals surface area contributed by atoms with E-state index in [-0.39, 0.29) is 30.6 Å². The van der Waals surface area contributed by atoms with Crippen LogP contribution in [-0.4, -0.2) is 24.4 Å². The Bertz CT molecular complexity index is 531. The van der Waals surface area contributed by atoms with Crippen molar-refractivity contribution in [2.24, 2.45) is 0 Å². The fourth-order valence-electron chi connectivity index (χ4n) is 2.44. The summed E-state index contributed by atoms with van der Waals surface area (Å²) in [5, 5.41) is 2.74. The van der Waals surface area contributed by atoms with E-state index in [1.165, 1.54) is 17.0 Å². The number of aryl methyl sites for hydroxylation is 1. The van der Waals surface area contributed by atoms with Crippen molar-refractivity contribution in [1.29, 1.82) is 0 Å². The summed E-state index contributed by atoms with van der Waals surface area (Å²) in [5.41, 5.74) is 1.37. The van der Waals surface area contributed by atoms with Gasteiger partial charge in [-0.2, -0.15) is 0 Å². The third-order valence-electron chi connectivity index (χ3n) is 3.50. The molecule has 1 unspecified atom stereocenters. The minimum atomic E-state index is -0.516. The lowest BCUT2D eigenvalue weighted by Crippen LogP contribution is -2.44. The number of benzene rings is 1. The molecular weight excluding hydrogens is 259 g/mol. The van der Waals surface area contributed by atoms with Crippen molar-refractivity contribution in [2.45, 2.75) is 39.2 Å². The number of halogens is 1. The Morgan fingerprint density at radius 2 is 2.15 bits per heavy atom. The van der Waals surface area contributed by atoms with E-state index in [9.17, 15) is 14.0 Å². The van der Waals surface area contributed by atoms with E-state index in [0.717, 1.165) is 12.0 Å². The highest BCUT2D eigenvalue weighted by atomic mass is 19.1. The van der Waals surface area contributed by atoms with E-state index in [1.807, 2.05) is 13.8 Å². The second-order valence-electron chi connectivity index (χ2n) is 5.08. The van der Waals surface area contributed by atoms with Crippen molar-refractivity contribution < 1.29 is 14.0 Å². The zero-order valence-corrected chi connectivity index (χ0v) is 11.8. The van der Waals surface area contributed by atoms with Gasteiger partial charge in [0.2, 0.25) is 11.8 Å². The second-order valence-corrected chi connectivity index (χ2v) is 5.08. The van der Waals surface area contributed by atoms with Crippen molar-refractivity contribution in [3.8, 4) is 0 Å². The second kappa shape index (κ2) is 6.03. The summed E-state index contributed by atoms with van der Waals surface area (Å²) in [4.78, 5) is 25.7. The van der Waals surface area contributed by atoms with E-state index >= 15 is 0 Å². The van der Waals surface area contributed by atoms with Crippen LogP contribution in [0, 0.1) is 12.7 Å². The SMILES string of the molecule is CCCC1NC(=O)CCN(c2cc(F)ccc2C)C1=O. The molecule has 0 bridgehead atoms. The lowest BCUT2D eigenvalue weighted by atomic mass is 10.1. The van der Waals surface area contributed by atoms with Crippen molar-refractivity contribution in [2.75, 3.05) is 11.4 Å². The molecule has 108 valence electrons. The summed E-state index contributed by atoms with van der Waals surface area (Å²) in [7, 11) is 0. The number of carbonyl (C=O) groups excluding carboxylic acids is 2. The molecule has 0 spiro atoms. The molecule has 5 heteroatoms. The van der Waals surface area contributed by atoms with Crippen LogP contribution in [-0.2, 0) is 9.59 Å². The maximum Gasteiger partial charge on any atom is 0.249 e. The number of hydrogen-bond donors (Lipinski definition) is 1. The number of rotatable bonds is 3. The minimum Gasteiger partial charge on any atom is -0.344 e. The average Bonchev–Trinajstić information content (AvgIpc) is 2.54. The Balaban J connectivity index is 2.35. The van der Waals surface area contributed by atoms with Crippen molar-refractivity contribution in [3.05, 3.63) is 29.6 Å². The quantitative estimate of drug-likeness (QED) is 0.921. The smallest absolute Gasteiger partial charge is 0.249 e. The van der Waals surface area contributed by atoms with E-state index in [4.69, 9.17) is 0 Å². The molecule has 0 radical (unpaired) electrons. The first kappa shape index (κ1) is 14.5. The molecule has 0 aromatic heterocycles. The van der Waals surface area contributed by atoms with Crippen LogP contribution in [0.4, 0.5) is 10.1 Å². The number of hydrogen-bond acceptors (Lipinski definition) is 2. The van der Waals surface area contributed by atoms with Crippen LogP contribution in [0.25, 0.3) is 0 Å². The van der Waals surface area contributed by atoms with Crippen molar-refractivity contribution in [3.63, 3.8) is 0 Å². The van der Waals surface area contributed by atoms with Gasteiger partial charge < -0.3 is 10.2 Å². The topological polar surface area (TPSA) is 49.4 Å².